The van der Waals surface area contributed by atoms with Crippen molar-refractivity contribution in [2.45, 2.75) is 64.0 Å². The van der Waals surface area contributed by atoms with Crippen LogP contribution in [-0.4, -0.2) is 31.7 Å². The zero-order chi connectivity index (χ0) is 13.4. The number of hydrogen-bond donors (Lipinski definition) is 2. The molecular formula is C14H28N2O2. The van der Waals surface area contributed by atoms with Crippen LogP contribution in [0.4, 0.5) is 0 Å². The zero-order valence-electron chi connectivity index (χ0n) is 11.8. The van der Waals surface area contributed by atoms with Crippen LogP contribution < -0.4 is 11.1 Å². The molecule has 1 aliphatic carbocycles. The summed E-state index contributed by atoms with van der Waals surface area (Å²) in [6.45, 7) is 2.51. The van der Waals surface area contributed by atoms with Crippen LogP contribution >= 0.6 is 0 Å². The maximum atomic E-state index is 11.9. The average molecular weight is 256 g/mol. The second kappa shape index (κ2) is 8.48. The Balaban J connectivity index is 2.33. The summed E-state index contributed by atoms with van der Waals surface area (Å²) in [4.78, 5) is 11.9. The molecule has 2 atom stereocenters. The Labute approximate surface area is 111 Å². The Morgan fingerprint density at radius 3 is 2.44 bits per heavy atom. The zero-order valence-corrected chi connectivity index (χ0v) is 11.8. The van der Waals surface area contributed by atoms with Crippen LogP contribution in [0.15, 0.2) is 0 Å². The van der Waals surface area contributed by atoms with Crippen LogP contribution in [0, 0.1) is 5.92 Å². The van der Waals surface area contributed by atoms with Crippen molar-refractivity contribution in [1.29, 1.82) is 0 Å². The summed E-state index contributed by atoms with van der Waals surface area (Å²) in [6, 6.07) is 0.269. The third kappa shape index (κ3) is 5.36. The molecular weight excluding hydrogens is 228 g/mol. The van der Waals surface area contributed by atoms with Gasteiger partial charge in [-0.05, 0) is 25.7 Å². The molecule has 1 amide bonds. The lowest BCUT2D eigenvalue weighted by molar-refractivity contribution is -0.124. The van der Waals surface area contributed by atoms with E-state index in [-0.39, 0.29) is 18.1 Å². The first kappa shape index (κ1) is 15.4. The van der Waals surface area contributed by atoms with Crippen molar-refractivity contribution in [3.63, 3.8) is 0 Å². The van der Waals surface area contributed by atoms with Crippen molar-refractivity contribution in [2.24, 2.45) is 11.7 Å². The van der Waals surface area contributed by atoms with Crippen LogP contribution in [0.1, 0.15) is 51.9 Å². The highest BCUT2D eigenvalue weighted by molar-refractivity contribution is 5.76. The average Bonchev–Trinajstić information content (AvgIpc) is 2.64. The van der Waals surface area contributed by atoms with Crippen LogP contribution in [0.2, 0.25) is 0 Å². The number of ether oxygens (including phenoxy) is 1. The van der Waals surface area contributed by atoms with Gasteiger partial charge in [0.2, 0.25) is 5.91 Å². The predicted molar refractivity (Wildman–Crippen MR) is 73.3 cm³/mol. The van der Waals surface area contributed by atoms with E-state index < -0.39 is 0 Å². The van der Waals surface area contributed by atoms with Crippen molar-refractivity contribution >= 4 is 5.91 Å². The van der Waals surface area contributed by atoms with Gasteiger partial charge in [-0.25, -0.2) is 0 Å². The molecule has 1 rings (SSSR count). The molecule has 0 aromatic heterocycles. The van der Waals surface area contributed by atoms with Crippen molar-refractivity contribution in [3.05, 3.63) is 0 Å². The first-order chi connectivity index (χ1) is 8.67. The second-order valence-electron chi connectivity index (χ2n) is 5.41. The number of amides is 1. The second-order valence-corrected chi connectivity index (χ2v) is 5.41. The molecule has 1 fully saturated rings. The number of nitrogens with two attached hydrogens (primary N) is 1. The standard InChI is InChI=1S/C14H28N2O2/c1-11(12-7-5-3-4-6-8-12)16-14(17)9-13(10-15)18-2/h11-13H,3-10,15H2,1-2H3,(H,16,17)/t11-,13?/m1/s1. The van der Waals surface area contributed by atoms with E-state index in [9.17, 15) is 4.79 Å². The van der Waals surface area contributed by atoms with Crippen molar-refractivity contribution in [2.75, 3.05) is 13.7 Å². The fourth-order valence-corrected chi connectivity index (χ4v) is 2.71. The normalized spacial score (nSPS) is 21.1. The van der Waals surface area contributed by atoms with Gasteiger partial charge in [0.15, 0.2) is 0 Å². The largest absolute Gasteiger partial charge is 0.380 e. The Morgan fingerprint density at radius 2 is 1.94 bits per heavy atom. The van der Waals surface area contributed by atoms with Crippen molar-refractivity contribution in [1.82, 2.24) is 5.32 Å². The fraction of sp³-hybridized carbons (Fsp3) is 0.929. The smallest absolute Gasteiger partial charge is 0.222 e. The van der Waals surface area contributed by atoms with Gasteiger partial charge >= 0.3 is 0 Å². The molecule has 0 spiro atoms. The Bertz CT molecular complexity index is 234. The fourth-order valence-electron chi connectivity index (χ4n) is 2.71. The first-order valence-corrected chi connectivity index (χ1v) is 7.19. The van der Waals surface area contributed by atoms with E-state index in [2.05, 4.69) is 12.2 Å². The van der Waals surface area contributed by atoms with Crippen molar-refractivity contribution < 1.29 is 9.53 Å². The Kier molecular flexibility index (Phi) is 7.28. The number of nitrogens with one attached hydrogen (secondary N) is 1. The molecule has 1 aliphatic rings. The van der Waals surface area contributed by atoms with Gasteiger partial charge in [0, 0.05) is 19.7 Å². The lowest BCUT2D eigenvalue weighted by atomic mass is 9.93. The molecule has 3 N–H and O–H groups in total. The number of hydrogen-bond acceptors (Lipinski definition) is 3. The number of carbonyl (C=O) groups excluding carboxylic acids is 1. The summed E-state index contributed by atoms with van der Waals surface area (Å²) in [5.41, 5.74) is 5.52. The summed E-state index contributed by atoms with van der Waals surface area (Å²) in [5, 5.41) is 3.10. The highest BCUT2D eigenvalue weighted by atomic mass is 16.5. The topological polar surface area (TPSA) is 64.3 Å². The highest BCUT2D eigenvalue weighted by Crippen LogP contribution is 2.25. The molecule has 1 unspecified atom stereocenters. The van der Waals surface area contributed by atoms with Gasteiger partial charge in [0.05, 0.1) is 12.5 Å². The Hall–Kier alpha value is -0.610. The van der Waals surface area contributed by atoms with E-state index in [4.69, 9.17) is 10.5 Å². The van der Waals surface area contributed by atoms with Crippen LogP contribution in [0.5, 0.6) is 0 Å². The molecule has 4 nitrogen and oxygen atoms in total. The molecule has 18 heavy (non-hydrogen) atoms. The molecule has 0 radical (unpaired) electrons. The van der Waals surface area contributed by atoms with E-state index in [0.717, 1.165) is 0 Å². The molecule has 0 bridgehead atoms. The molecule has 4 heteroatoms. The maximum Gasteiger partial charge on any atom is 0.222 e. The summed E-state index contributed by atoms with van der Waals surface area (Å²) in [5.74, 6) is 0.694. The quantitative estimate of drug-likeness (QED) is 0.713. The summed E-state index contributed by atoms with van der Waals surface area (Å²) < 4.78 is 5.13. The van der Waals surface area contributed by atoms with Crippen LogP contribution in [0.25, 0.3) is 0 Å². The van der Waals surface area contributed by atoms with Gasteiger partial charge < -0.3 is 15.8 Å². The van der Waals surface area contributed by atoms with Crippen molar-refractivity contribution in [3.8, 4) is 0 Å². The van der Waals surface area contributed by atoms with Crippen LogP contribution in [-0.2, 0) is 9.53 Å². The summed E-state index contributed by atoms with van der Waals surface area (Å²) in [7, 11) is 1.60. The first-order valence-electron chi connectivity index (χ1n) is 7.19. The van der Waals surface area contributed by atoms with Gasteiger partial charge in [-0.15, -0.1) is 0 Å². The van der Waals surface area contributed by atoms with Gasteiger partial charge in [-0.3, -0.25) is 4.79 Å². The third-order valence-electron chi connectivity index (χ3n) is 4.00. The lowest BCUT2D eigenvalue weighted by Gasteiger charge is -2.24. The molecule has 0 heterocycles. The lowest BCUT2D eigenvalue weighted by Crippen LogP contribution is -2.40. The minimum Gasteiger partial charge on any atom is -0.380 e. The SMILES string of the molecule is COC(CN)CC(=O)N[C@H](C)C1CCCCCC1. The number of methoxy groups -OCH3 is 1. The van der Waals surface area contributed by atoms with E-state index >= 15 is 0 Å². The Morgan fingerprint density at radius 1 is 1.33 bits per heavy atom. The van der Waals surface area contributed by atoms with E-state index in [1.54, 1.807) is 7.11 Å². The summed E-state index contributed by atoms with van der Waals surface area (Å²) in [6.07, 6.45) is 7.98. The maximum absolute atomic E-state index is 11.9. The minimum absolute atomic E-state index is 0.0593. The molecule has 1 saturated carbocycles. The molecule has 106 valence electrons. The van der Waals surface area contributed by atoms with E-state index in [1.165, 1.54) is 38.5 Å². The van der Waals surface area contributed by atoms with Gasteiger partial charge in [-0.1, -0.05) is 25.7 Å². The third-order valence-corrected chi connectivity index (χ3v) is 4.00. The minimum atomic E-state index is -0.161. The highest BCUT2D eigenvalue weighted by Gasteiger charge is 2.21. The molecule has 0 saturated heterocycles. The van der Waals surface area contributed by atoms with Gasteiger partial charge in [0.1, 0.15) is 0 Å². The summed E-state index contributed by atoms with van der Waals surface area (Å²) >= 11 is 0. The van der Waals surface area contributed by atoms with Crippen LogP contribution in [0.3, 0.4) is 0 Å². The molecule has 0 aliphatic heterocycles. The number of carbonyl (C=O) groups is 1. The van der Waals surface area contributed by atoms with Gasteiger partial charge in [0.25, 0.3) is 0 Å². The van der Waals surface area contributed by atoms with E-state index in [1.807, 2.05) is 0 Å². The van der Waals surface area contributed by atoms with E-state index in [0.29, 0.717) is 18.9 Å². The molecule has 0 aromatic rings. The molecule has 0 aromatic carbocycles. The number of rotatable bonds is 6. The predicted octanol–water partition coefficient (Wildman–Crippen LogP) is 1.83. The van der Waals surface area contributed by atoms with Gasteiger partial charge in [-0.2, -0.15) is 0 Å². The monoisotopic (exact) mass is 256 g/mol.